The summed E-state index contributed by atoms with van der Waals surface area (Å²) < 4.78 is 19.3. The summed E-state index contributed by atoms with van der Waals surface area (Å²) in [5, 5.41) is 0.101. The van der Waals surface area contributed by atoms with Crippen molar-refractivity contribution in [3.63, 3.8) is 0 Å². The summed E-state index contributed by atoms with van der Waals surface area (Å²) >= 11 is 5.72. The van der Waals surface area contributed by atoms with E-state index >= 15 is 0 Å². The Hall–Kier alpha value is -1.58. The lowest BCUT2D eigenvalue weighted by Gasteiger charge is -2.12. The lowest BCUT2D eigenvalue weighted by atomic mass is 10.1. The van der Waals surface area contributed by atoms with Gasteiger partial charge in [-0.25, -0.2) is 4.39 Å². The molecule has 0 unspecified atom stereocenters. The Labute approximate surface area is 117 Å². The van der Waals surface area contributed by atoms with Gasteiger partial charge >= 0.3 is 0 Å². The van der Waals surface area contributed by atoms with Crippen LogP contribution in [-0.4, -0.2) is 0 Å². The summed E-state index contributed by atoms with van der Waals surface area (Å²) in [6.07, 6.45) is 0. The van der Waals surface area contributed by atoms with Crippen LogP contribution in [0.1, 0.15) is 16.7 Å². The fourth-order valence-electron chi connectivity index (χ4n) is 1.82. The smallest absolute Gasteiger partial charge is 0.148 e. The Kier molecular flexibility index (Phi) is 4.40. The van der Waals surface area contributed by atoms with Gasteiger partial charge in [0.1, 0.15) is 18.2 Å². The molecule has 0 heterocycles. The zero-order valence-corrected chi connectivity index (χ0v) is 11.4. The highest BCUT2D eigenvalue weighted by Gasteiger charge is 2.08. The minimum absolute atomic E-state index is 0.101. The topological polar surface area (TPSA) is 35.2 Å². The van der Waals surface area contributed by atoms with Crippen LogP contribution in [0.4, 0.5) is 4.39 Å². The van der Waals surface area contributed by atoms with E-state index in [1.54, 1.807) is 12.1 Å². The van der Waals surface area contributed by atoms with Gasteiger partial charge in [0.15, 0.2) is 0 Å². The zero-order valence-electron chi connectivity index (χ0n) is 10.6. The summed E-state index contributed by atoms with van der Waals surface area (Å²) in [5.41, 5.74) is 8.11. The van der Waals surface area contributed by atoms with E-state index in [-0.39, 0.29) is 11.6 Å². The quantitative estimate of drug-likeness (QED) is 0.923. The van der Waals surface area contributed by atoms with Gasteiger partial charge in [0.05, 0.1) is 5.02 Å². The fraction of sp³-hybridized carbons (Fsp3) is 0.200. The maximum atomic E-state index is 13.7. The summed E-state index contributed by atoms with van der Waals surface area (Å²) in [4.78, 5) is 0. The summed E-state index contributed by atoms with van der Waals surface area (Å²) in [7, 11) is 0. The van der Waals surface area contributed by atoms with E-state index in [0.29, 0.717) is 17.9 Å². The Bertz CT molecular complexity index is 586. The number of halogens is 2. The first-order valence-corrected chi connectivity index (χ1v) is 6.35. The Morgan fingerprint density at radius 2 is 2.00 bits per heavy atom. The highest BCUT2D eigenvalue weighted by Crippen LogP contribution is 2.23. The van der Waals surface area contributed by atoms with E-state index in [1.165, 1.54) is 6.07 Å². The second kappa shape index (κ2) is 6.04. The lowest BCUT2D eigenvalue weighted by molar-refractivity contribution is 0.297. The van der Waals surface area contributed by atoms with Gasteiger partial charge in [-0.2, -0.15) is 0 Å². The van der Waals surface area contributed by atoms with Crippen molar-refractivity contribution in [2.75, 3.05) is 0 Å². The molecule has 0 amide bonds. The molecule has 4 heteroatoms. The highest BCUT2D eigenvalue weighted by atomic mass is 35.5. The Morgan fingerprint density at radius 3 is 2.74 bits per heavy atom. The standard InChI is InChI=1S/C15H15ClFNO/c1-10-5-6-14(12(7-10)8-18)19-9-11-3-2-4-13(16)15(11)17/h2-7H,8-9,18H2,1H3. The van der Waals surface area contributed by atoms with Crippen LogP contribution in [0.2, 0.25) is 5.02 Å². The van der Waals surface area contributed by atoms with Crippen molar-refractivity contribution in [1.82, 2.24) is 0 Å². The molecule has 0 bridgehead atoms. The van der Waals surface area contributed by atoms with Crippen molar-refractivity contribution in [3.8, 4) is 5.75 Å². The molecule has 0 aliphatic rings. The number of aryl methyl sites for hydroxylation is 1. The predicted molar refractivity (Wildman–Crippen MR) is 74.8 cm³/mol. The van der Waals surface area contributed by atoms with Gasteiger partial charge in [-0.15, -0.1) is 0 Å². The van der Waals surface area contributed by atoms with E-state index in [0.717, 1.165) is 11.1 Å². The van der Waals surface area contributed by atoms with Crippen molar-refractivity contribution in [1.29, 1.82) is 0 Å². The van der Waals surface area contributed by atoms with E-state index in [1.807, 2.05) is 25.1 Å². The number of ether oxygens (including phenoxy) is 1. The van der Waals surface area contributed by atoms with Crippen LogP contribution in [-0.2, 0) is 13.2 Å². The summed E-state index contributed by atoms with van der Waals surface area (Å²) in [6.45, 7) is 2.50. The normalized spacial score (nSPS) is 10.5. The van der Waals surface area contributed by atoms with Crippen LogP contribution in [0.15, 0.2) is 36.4 Å². The average molecular weight is 280 g/mol. The first kappa shape index (κ1) is 13.8. The first-order valence-electron chi connectivity index (χ1n) is 5.97. The molecule has 0 atom stereocenters. The number of nitrogens with two attached hydrogens (primary N) is 1. The zero-order chi connectivity index (χ0) is 13.8. The SMILES string of the molecule is Cc1ccc(OCc2cccc(Cl)c2F)c(CN)c1. The largest absolute Gasteiger partial charge is 0.488 e. The Morgan fingerprint density at radius 1 is 1.21 bits per heavy atom. The molecule has 2 nitrogen and oxygen atoms in total. The minimum Gasteiger partial charge on any atom is -0.488 e. The van der Waals surface area contributed by atoms with Gasteiger partial charge in [-0.3, -0.25) is 0 Å². The Balaban J connectivity index is 2.17. The van der Waals surface area contributed by atoms with Gasteiger partial charge < -0.3 is 10.5 Å². The van der Waals surface area contributed by atoms with E-state index < -0.39 is 5.82 Å². The molecule has 2 N–H and O–H groups in total. The molecule has 0 spiro atoms. The molecule has 2 rings (SSSR count). The molecular weight excluding hydrogens is 265 g/mol. The van der Waals surface area contributed by atoms with Gasteiger partial charge in [0, 0.05) is 17.7 Å². The summed E-state index contributed by atoms with van der Waals surface area (Å²) in [6, 6.07) is 10.6. The monoisotopic (exact) mass is 279 g/mol. The number of rotatable bonds is 4. The van der Waals surface area contributed by atoms with Crippen molar-refractivity contribution >= 4 is 11.6 Å². The molecule has 2 aromatic rings. The molecule has 0 aliphatic carbocycles. The van der Waals surface area contributed by atoms with Gasteiger partial charge in [-0.1, -0.05) is 41.4 Å². The number of benzene rings is 2. The molecule has 0 fully saturated rings. The van der Waals surface area contributed by atoms with Crippen molar-refractivity contribution in [2.45, 2.75) is 20.1 Å². The maximum absolute atomic E-state index is 13.7. The summed E-state index contributed by atoms with van der Waals surface area (Å²) in [5.74, 6) is 0.234. The first-order chi connectivity index (χ1) is 9.11. The molecule has 0 radical (unpaired) electrons. The number of hydrogen-bond donors (Lipinski definition) is 1. The molecule has 0 saturated carbocycles. The molecule has 0 aromatic heterocycles. The van der Waals surface area contributed by atoms with Crippen molar-refractivity contribution < 1.29 is 9.13 Å². The third kappa shape index (κ3) is 3.25. The third-order valence-corrected chi connectivity index (χ3v) is 3.14. The van der Waals surface area contributed by atoms with Crippen LogP contribution in [0, 0.1) is 12.7 Å². The molecule has 2 aromatic carbocycles. The lowest BCUT2D eigenvalue weighted by Crippen LogP contribution is -2.04. The third-order valence-electron chi connectivity index (χ3n) is 2.85. The van der Waals surface area contributed by atoms with Crippen LogP contribution in [0.5, 0.6) is 5.75 Å². The maximum Gasteiger partial charge on any atom is 0.148 e. The predicted octanol–water partition coefficient (Wildman–Crippen LogP) is 3.83. The van der Waals surface area contributed by atoms with E-state index in [4.69, 9.17) is 22.1 Å². The van der Waals surface area contributed by atoms with Crippen molar-refractivity contribution in [3.05, 3.63) is 63.9 Å². The van der Waals surface area contributed by atoms with Gasteiger partial charge in [-0.05, 0) is 19.1 Å². The molecule has 19 heavy (non-hydrogen) atoms. The van der Waals surface area contributed by atoms with E-state index in [2.05, 4.69) is 0 Å². The van der Waals surface area contributed by atoms with Crippen molar-refractivity contribution in [2.24, 2.45) is 5.73 Å². The van der Waals surface area contributed by atoms with Gasteiger partial charge in [0.25, 0.3) is 0 Å². The highest BCUT2D eigenvalue weighted by molar-refractivity contribution is 6.30. The minimum atomic E-state index is -0.439. The second-order valence-corrected chi connectivity index (χ2v) is 4.72. The molecule has 0 saturated heterocycles. The molecule has 0 aliphatic heterocycles. The van der Waals surface area contributed by atoms with Gasteiger partial charge in [0.2, 0.25) is 0 Å². The second-order valence-electron chi connectivity index (χ2n) is 4.32. The fourth-order valence-corrected chi connectivity index (χ4v) is 2.02. The average Bonchev–Trinajstić information content (AvgIpc) is 2.41. The van der Waals surface area contributed by atoms with Crippen LogP contribution in [0.3, 0.4) is 0 Å². The van der Waals surface area contributed by atoms with Crippen LogP contribution in [0.25, 0.3) is 0 Å². The molecular formula is C15H15ClFNO. The van der Waals surface area contributed by atoms with E-state index in [9.17, 15) is 4.39 Å². The van der Waals surface area contributed by atoms with Crippen LogP contribution >= 0.6 is 11.6 Å². The molecule has 100 valence electrons. The number of hydrogen-bond acceptors (Lipinski definition) is 2. The van der Waals surface area contributed by atoms with Crippen LogP contribution < -0.4 is 10.5 Å².